The number of rotatable bonds is 4. The van der Waals surface area contributed by atoms with Crippen LogP contribution >= 0.6 is 23.2 Å². The predicted molar refractivity (Wildman–Crippen MR) is 138 cm³/mol. The Morgan fingerprint density at radius 2 is 1.35 bits per heavy atom. The molecule has 154 valence electrons. The smallest absolute Gasteiger partial charge is 0.169 e. The van der Waals surface area contributed by atoms with Gasteiger partial charge in [-0.25, -0.2) is 0 Å². The lowest BCUT2D eigenvalue weighted by atomic mass is 10.2. The molecule has 1 heterocycles. The Bertz CT molecular complexity index is 1140. The summed E-state index contributed by atoms with van der Waals surface area (Å²) in [7, 11) is -0.0918. The van der Waals surface area contributed by atoms with E-state index in [1.165, 1.54) is 27.3 Å². The van der Waals surface area contributed by atoms with E-state index in [2.05, 4.69) is 124 Å². The summed E-state index contributed by atoms with van der Waals surface area (Å²) in [5.41, 5.74) is 2.45. The molecule has 1 aliphatic rings. The lowest BCUT2D eigenvalue weighted by Gasteiger charge is -2.39. The zero-order valence-electron chi connectivity index (χ0n) is 17.4. The number of hydrogen-bond donors (Lipinski definition) is 0. The van der Waals surface area contributed by atoms with Gasteiger partial charge in [0, 0.05) is 10.2 Å². The second-order valence-corrected chi connectivity index (χ2v) is 12.1. The lowest BCUT2D eigenvalue weighted by molar-refractivity contribution is 0.418. The molecule has 4 aromatic rings. The van der Waals surface area contributed by atoms with Gasteiger partial charge in [0.15, 0.2) is 11.1 Å². The minimum Gasteiger partial charge on any atom is -0.493 e. The van der Waals surface area contributed by atoms with Crippen LogP contribution < -0.4 is 25.6 Å². The number of ether oxygens (including phenoxy) is 1. The molecule has 0 saturated carbocycles. The molecule has 0 amide bonds. The van der Waals surface area contributed by atoms with E-state index < -0.39 is 7.26 Å². The third kappa shape index (κ3) is 3.46. The Hall–Kier alpha value is -2.61. The maximum Gasteiger partial charge on any atom is 0.169 e. The van der Waals surface area contributed by atoms with Gasteiger partial charge in [-0.15, -0.1) is 0 Å². The lowest BCUT2D eigenvalue weighted by Crippen LogP contribution is -2.44. The Morgan fingerprint density at radius 3 is 1.94 bits per heavy atom. The molecular weight excluding hydrogens is 465 g/mol. The fourth-order valence-corrected chi connectivity index (χ4v) is 9.49. The first-order valence-electron chi connectivity index (χ1n) is 10.4. The second kappa shape index (κ2) is 8.49. The van der Waals surface area contributed by atoms with Crippen LogP contribution in [-0.4, -0.2) is 19.8 Å². The van der Waals surface area contributed by atoms with Crippen LogP contribution in [0.2, 0.25) is 0 Å². The largest absolute Gasteiger partial charge is 0.493 e. The van der Waals surface area contributed by atoms with Crippen molar-refractivity contribution in [3.05, 3.63) is 108 Å². The van der Waals surface area contributed by atoms with Gasteiger partial charge in [-0.2, -0.15) is 0 Å². The molecule has 0 N–H and O–H groups in total. The van der Waals surface area contributed by atoms with Gasteiger partial charge in [-0.1, -0.05) is 58.4 Å². The Labute approximate surface area is 193 Å². The van der Waals surface area contributed by atoms with E-state index in [9.17, 15) is 0 Å². The first-order valence-corrected chi connectivity index (χ1v) is 13.2. The predicted octanol–water partition coefficient (Wildman–Crippen LogP) is 5.90. The van der Waals surface area contributed by atoms with Crippen molar-refractivity contribution in [2.24, 2.45) is 0 Å². The molecule has 0 fully saturated rings. The van der Waals surface area contributed by atoms with Crippen molar-refractivity contribution in [2.75, 3.05) is 24.7 Å². The van der Waals surface area contributed by atoms with Crippen LogP contribution in [0, 0.1) is 0 Å². The van der Waals surface area contributed by atoms with E-state index in [1.807, 2.05) is 0 Å². The highest BCUT2D eigenvalue weighted by molar-refractivity contribution is 9.10. The van der Waals surface area contributed by atoms with Crippen molar-refractivity contribution in [3.8, 4) is 5.75 Å². The normalized spacial score (nSPS) is 14.7. The van der Waals surface area contributed by atoms with Gasteiger partial charge in [-0.05, 0) is 60.7 Å². The third-order valence-corrected chi connectivity index (χ3v) is 11.0. The molecule has 5 rings (SSSR count). The fourth-order valence-electron chi connectivity index (χ4n) is 4.68. The van der Waals surface area contributed by atoms with Gasteiger partial charge in [0.25, 0.3) is 0 Å². The Balaban J connectivity index is 1.81. The average Bonchev–Trinajstić information content (AvgIpc) is 2.84. The molecule has 4 aromatic carbocycles. The molecule has 1 aliphatic heterocycles. The summed E-state index contributed by atoms with van der Waals surface area (Å²) in [4.78, 5) is 2.44. The van der Waals surface area contributed by atoms with Crippen molar-refractivity contribution in [3.63, 3.8) is 0 Å². The molecule has 0 bridgehead atoms. The van der Waals surface area contributed by atoms with Crippen LogP contribution in [0.15, 0.2) is 108 Å². The van der Waals surface area contributed by atoms with E-state index in [-0.39, 0.29) is 0 Å². The van der Waals surface area contributed by atoms with Gasteiger partial charge in [0.2, 0.25) is 0 Å². The number of fused-ring (bicyclic) bond motifs is 1. The van der Waals surface area contributed by atoms with Crippen molar-refractivity contribution in [2.45, 2.75) is 0 Å². The molecule has 0 saturated heterocycles. The van der Waals surface area contributed by atoms with E-state index >= 15 is 0 Å². The van der Waals surface area contributed by atoms with Crippen LogP contribution in [0.4, 0.5) is 11.4 Å². The monoisotopic (exact) mass is 488 g/mol. The van der Waals surface area contributed by atoms with Crippen LogP contribution in [-0.2, 0) is 0 Å². The van der Waals surface area contributed by atoms with Gasteiger partial charge in [0.1, 0.15) is 17.9 Å². The molecule has 2 nitrogen and oxygen atoms in total. The molecule has 0 radical (unpaired) electrons. The number of hydrogen-bond acceptors (Lipinski definition) is 2. The number of halogens is 1. The van der Waals surface area contributed by atoms with Gasteiger partial charge >= 0.3 is 0 Å². The molecule has 0 spiro atoms. The average molecular weight is 489 g/mol. The topological polar surface area (TPSA) is 12.5 Å². The van der Waals surface area contributed by atoms with Crippen molar-refractivity contribution in [1.82, 2.24) is 0 Å². The molecule has 31 heavy (non-hydrogen) atoms. The van der Waals surface area contributed by atoms with Crippen molar-refractivity contribution in [1.29, 1.82) is 0 Å². The van der Waals surface area contributed by atoms with E-state index in [4.69, 9.17) is 4.74 Å². The summed E-state index contributed by atoms with van der Waals surface area (Å²) in [5, 5.41) is 4.15. The molecule has 0 aromatic heterocycles. The molecule has 0 aliphatic carbocycles. The van der Waals surface area contributed by atoms with Crippen LogP contribution in [0.3, 0.4) is 0 Å². The summed E-state index contributed by atoms with van der Waals surface area (Å²) >= 11 is 3.57. The Kier molecular flexibility index (Phi) is 5.56. The highest BCUT2D eigenvalue weighted by Gasteiger charge is 2.52. The standard InChI is InChI=1S/C27H24BrNOP/c1-30-26-14-8-13-25-27(26)31(23-9-4-2-5-10-23,24-11-6-3-7-12-24)20-19-29(25)22-17-15-21(28)16-18-22/h2-18H,19-20H2,1H3/q+1. The van der Waals surface area contributed by atoms with E-state index in [1.54, 1.807) is 7.11 Å². The van der Waals surface area contributed by atoms with Crippen LogP contribution in [0.5, 0.6) is 5.75 Å². The zero-order valence-corrected chi connectivity index (χ0v) is 19.9. The van der Waals surface area contributed by atoms with Gasteiger partial charge in [-0.3, -0.25) is 0 Å². The first kappa shape index (κ1) is 20.3. The summed E-state index contributed by atoms with van der Waals surface area (Å²) in [6.45, 7) is 0.958. The van der Waals surface area contributed by atoms with Crippen LogP contribution in [0.25, 0.3) is 0 Å². The van der Waals surface area contributed by atoms with Gasteiger partial charge < -0.3 is 9.64 Å². The third-order valence-electron chi connectivity index (χ3n) is 6.06. The number of benzene rings is 4. The highest BCUT2D eigenvalue weighted by atomic mass is 79.9. The van der Waals surface area contributed by atoms with Crippen LogP contribution in [0.1, 0.15) is 0 Å². The maximum atomic E-state index is 6.01. The van der Waals surface area contributed by atoms with E-state index in [0.717, 1.165) is 22.9 Å². The molecule has 4 heteroatoms. The summed E-state index contributed by atoms with van der Waals surface area (Å²) in [6.07, 6.45) is 1.06. The van der Waals surface area contributed by atoms with Crippen molar-refractivity contribution >= 4 is 50.5 Å². The van der Waals surface area contributed by atoms with E-state index in [0.29, 0.717) is 0 Å². The number of methoxy groups -OCH3 is 1. The first-order chi connectivity index (χ1) is 15.2. The minimum atomic E-state index is -1.88. The Morgan fingerprint density at radius 1 is 0.742 bits per heavy atom. The highest BCUT2D eigenvalue weighted by Crippen LogP contribution is 2.61. The number of anilines is 2. The minimum absolute atomic E-state index is 0.958. The second-order valence-electron chi connectivity index (χ2n) is 7.66. The maximum absolute atomic E-state index is 6.01. The summed E-state index contributed by atoms with van der Waals surface area (Å²) in [6, 6.07) is 37.1. The SMILES string of the molecule is COc1cccc2c1[P+](c1ccccc1)(c1ccccc1)CCN2c1ccc(Br)cc1. The summed E-state index contributed by atoms with van der Waals surface area (Å²) in [5.74, 6) is 0.973. The number of nitrogens with zero attached hydrogens (tertiary/aromatic N) is 1. The van der Waals surface area contributed by atoms with Crippen molar-refractivity contribution < 1.29 is 4.74 Å². The van der Waals surface area contributed by atoms with Gasteiger partial charge in [0.05, 0.1) is 25.5 Å². The fraction of sp³-hybridized carbons (Fsp3) is 0.111. The summed E-state index contributed by atoms with van der Waals surface area (Å²) < 4.78 is 7.10. The zero-order chi connectivity index (χ0) is 21.3. The molecular formula is C27H24BrNOP+. The molecule has 0 unspecified atom stereocenters. The molecule has 0 atom stereocenters. The quantitative estimate of drug-likeness (QED) is 0.331.